The molecule has 1 aromatic heterocycles. The molecule has 4 heteroatoms. The van der Waals surface area contributed by atoms with Crippen LogP contribution in [-0.2, 0) is 0 Å². The van der Waals surface area contributed by atoms with Crippen LogP contribution in [0.15, 0.2) is 48.5 Å². The molecule has 3 nitrogen and oxygen atoms in total. The standard InChI is InChI=1S/C15H8ClN3/c16-15-17-13-11-7-3-1-5-9(11)10-6-2-4-8-12(10)14(13)18-19-15/h1-8H. The highest BCUT2D eigenvalue weighted by molar-refractivity contribution is 6.29. The van der Waals surface area contributed by atoms with Gasteiger partial charge >= 0.3 is 0 Å². The van der Waals surface area contributed by atoms with Crippen LogP contribution < -0.4 is 0 Å². The molecule has 0 radical (unpaired) electrons. The number of benzene rings is 3. The second kappa shape index (κ2) is 3.87. The van der Waals surface area contributed by atoms with Gasteiger partial charge in [0.15, 0.2) is 0 Å². The molecule has 1 heterocycles. The highest BCUT2D eigenvalue weighted by atomic mass is 35.5. The fraction of sp³-hybridized carbons (Fsp3) is 0. The molecule has 0 bridgehead atoms. The summed E-state index contributed by atoms with van der Waals surface area (Å²) in [5.41, 5.74) is 1.59. The van der Waals surface area contributed by atoms with E-state index < -0.39 is 0 Å². The highest BCUT2D eigenvalue weighted by Crippen LogP contribution is 2.32. The van der Waals surface area contributed by atoms with Crippen LogP contribution in [0.5, 0.6) is 0 Å². The van der Waals surface area contributed by atoms with E-state index in [2.05, 4.69) is 27.3 Å². The van der Waals surface area contributed by atoms with Crippen molar-refractivity contribution in [1.29, 1.82) is 0 Å². The molecule has 0 spiro atoms. The molecular formula is C15H8ClN3. The monoisotopic (exact) mass is 265 g/mol. The fourth-order valence-electron chi connectivity index (χ4n) is 2.52. The van der Waals surface area contributed by atoms with Crippen molar-refractivity contribution in [3.05, 3.63) is 53.8 Å². The summed E-state index contributed by atoms with van der Waals surface area (Å²) in [6, 6.07) is 16.3. The van der Waals surface area contributed by atoms with Gasteiger partial charge in [-0.05, 0) is 22.4 Å². The zero-order valence-corrected chi connectivity index (χ0v) is 10.6. The molecule has 0 aliphatic rings. The first kappa shape index (κ1) is 10.6. The van der Waals surface area contributed by atoms with Crippen molar-refractivity contribution in [3.8, 4) is 0 Å². The molecule has 3 aromatic carbocycles. The Morgan fingerprint density at radius 3 is 1.79 bits per heavy atom. The SMILES string of the molecule is Clc1nnc2c3ccccc3c3ccccc3c2n1. The Bertz CT molecular complexity index is 899. The Hall–Kier alpha value is -2.26. The van der Waals surface area contributed by atoms with Crippen LogP contribution in [0.2, 0.25) is 5.28 Å². The molecular weight excluding hydrogens is 258 g/mol. The predicted octanol–water partition coefficient (Wildman–Crippen LogP) is 3.98. The van der Waals surface area contributed by atoms with E-state index in [4.69, 9.17) is 11.6 Å². The van der Waals surface area contributed by atoms with E-state index in [9.17, 15) is 0 Å². The van der Waals surface area contributed by atoms with Crippen molar-refractivity contribution in [2.24, 2.45) is 0 Å². The van der Waals surface area contributed by atoms with Gasteiger partial charge in [0.25, 0.3) is 0 Å². The van der Waals surface area contributed by atoms with Crippen LogP contribution in [0, 0.1) is 0 Å². The molecule has 90 valence electrons. The van der Waals surface area contributed by atoms with E-state index in [0.717, 1.165) is 32.6 Å². The van der Waals surface area contributed by atoms with Gasteiger partial charge in [-0.25, -0.2) is 4.98 Å². The maximum Gasteiger partial charge on any atom is 0.243 e. The van der Waals surface area contributed by atoms with E-state index in [1.807, 2.05) is 36.4 Å². The third-order valence-corrected chi connectivity index (χ3v) is 3.48. The highest BCUT2D eigenvalue weighted by Gasteiger charge is 2.10. The number of rotatable bonds is 0. The minimum absolute atomic E-state index is 0.174. The van der Waals surface area contributed by atoms with Crippen LogP contribution in [0.4, 0.5) is 0 Å². The molecule has 0 fully saturated rings. The summed E-state index contributed by atoms with van der Waals surface area (Å²) < 4.78 is 0. The Kier molecular flexibility index (Phi) is 2.17. The maximum atomic E-state index is 5.89. The fourth-order valence-corrected chi connectivity index (χ4v) is 2.65. The van der Waals surface area contributed by atoms with Crippen LogP contribution in [-0.4, -0.2) is 15.2 Å². The van der Waals surface area contributed by atoms with Crippen molar-refractivity contribution in [2.75, 3.05) is 0 Å². The Labute approximate surface area is 113 Å². The predicted molar refractivity (Wildman–Crippen MR) is 77.4 cm³/mol. The summed E-state index contributed by atoms with van der Waals surface area (Å²) >= 11 is 5.89. The van der Waals surface area contributed by atoms with Gasteiger partial charge in [-0.15, -0.1) is 10.2 Å². The Balaban J connectivity index is 2.43. The van der Waals surface area contributed by atoms with E-state index in [1.54, 1.807) is 0 Å². The van der Waals surface area contributed by atoms with Crippen molar-refractivity contribution in [1.82, 2.24) is 15.2 Å². The Morgan fingerprint density at radius 2 is 1.16 bits per heavy atom. The molecule has 0 amide bonds. The molecule has 4 aromatic rings. The second-order valence-electron chi connectivity index (χ2n) is 4.37. The maximum absolute atomic E-state index is 5.89. The summed E-state index contributed by atoms with van der Waals surface area (Å²) in [4.78, 5) is 4.35. The van der Waals surface area contributed by atoms with E-state index in [0.29, 0.717) is 0 Å². The third kappa shape index (κ3) is 1.48. The van der Waals surface area contributed by atoms with Gasteiger partial charge in [0.05, 0.1) is 0 Å². The molecule has 0 unspecified atom stereocenters. The molecule has 0 atom stereocenters. The van der Waals surface area contributed by atoms with Gasteiger partial charge in [0.2, 0.25) is 5.28 Å². The normalized spacial score (nSPS) is 11.4. The largest absolute Gasteiger partial charge is 0.243 e. The lowest BCUT2D eigenvalue weighted by atomic mass is 10.00. The van der Waals surface area contributed by atoms with Crippen molar-refractivity contribution >= 4 is 44.2 Å². The summed E-state index contributed by atoms with van der Waals surface area (Å²) in [5.74, 6) is 0. The molecule has 4 rings (SSSR count). The Morgan fingerprint density at radius 1 is 0.632 bits per heavy atom. The van der Waals surface area contributed by atoms with E-state index in [1.165, 1.54) is 0 Å². The smallest absolute Gasteiger partial charge is 0.214 e. The minimum Gasteiger partial charge on any atom is -0.214 e. The average molecular weight is 266 g/mol. The zero-order chi connectivity index (χ0) is 12.8. The molecule has 0 N–H and O–H groups in total. The summed E-state index contributed by atoms with van der Waals surface area (Å²) in [6.07, 6.45) is 0. The van der Waals surface area contributed by atoms with Gasteiger partial charge < -0.3 is 0 Å². The first-order valence-electron chi connectivity index (χ1n) is 5.94. The number of fused-ring (bicyclic) bond motifs is 6. The number of hydrogen-bond donors (Lipinski definition) is 0. The van der Waals surface area contributed by atoms with Gasteiger partial charge in [-0.2, -0.15) is 0 Å². The van der Waals surface area contributed by atoms with E-state index in [-0.39, 0.29) is 5.28 Å². The minimum atomic E-state index is 0.174. The lowest BCUT2D eigenvalue weighted by molar-refractivity contribution is 1.03. The lowest BCUT2D eigenvalue weighted by Crippen LogP contribution is -1.92. The quantitative estimate of drug-likeness (QED) is 0.451. The summed E-state index contributed by atoms with van der Waals surface area (Å²) in [7, 11) is 0. The summed E-state index contributed by atoms with van der Waals surface area (Å²) in [6.45, 7) is 0. The molecule has 19 heavy (non-hydrogen) atoms. The zero-order valence-electron chi connectivity index (χ0n) is 9.84. The number of halogens is 1. The number of aromatic nitrogens is 3. The molecule has 0 saturated heterocycles. The van der Waals surface area contributed by atoms with Crippen molar-refractivity contribution in [2.45, 2.75) is 0 Å². The average Bonchev–Trinajstić information content (AvgIpc) is 2.47. The first-order valence-corrected chi connectivity index (χ1v) is 6.32. The van der Waals surface area contributed by atoms with Gasteiger partial charge in [0, 0.05) is 10.8 Å². The third-order valence-electron chi connectivity index (χ3n) is 3.32. The van der Waals surface area contributed by atoms with Crippen LogP contribution >= 0.6 is 11.6 Å². The van der Waals surface area contributed by atoms with Crippen molar-refractivity contribution in [3.63, 3.8) is 0 Å². The second-order valence-corrected chi connectivity index (χ2v) is 4.71. The number of hydrogen-bond acceptors (Lipinski definition) is 3. The van der Waals surface area contributed by atoms with Gasteiger partial charge in [-0.1, -0.05) is 48.5 Å². The van der Waals surface area contributed by atoms with E-state index >= 15 is 0 Å². The molecule has 0 aliphatic carbocycles. The molecule has 0 saturated carbocycles. The van der Waals surface area contributed by atoms with Gasteiger partial charge in [0.1, 0.15) is 11.0 Å². The van der Waals surface area contributed by atoms with Crippen LogP contribution in [0.1, 0.15) is 0 Å². The van der Waals surface area contributed by atoms with Gasteiger partial charge in [-0.3, -0.25) is 0 Å². The topological polar surface area (TPSA) is 38.7 Å². The lowest BCUT2D eigenvalue weighted by Gasteiger charge is -2.07. The van der Waals surface area contributed by atoms with Crippen LogP contribution in [0.25, 0.3) is 32.6 Å². The first-order chi connectivity index (χ1) is 9.34. The molecule has 0 aliphatic heterocycles. The van der Waals surface area contributed by atoms with Crippen LogP contribution in [0.3, 0.4) is 0 Å². The summed E-state index contributed by atoms with van der Waals surface area (Å²) in [5, 5.41) is 12.7. The number of nitrogens with zero attached hydrogens (tertiary/aromatic N) is 3. The van der Waals surface area contributed by atoms with Crippen molar-refractivity contribution < 1.29 is 0 Å².